The molecule has 0 saturated carbocycles. The van der Waals surface area contributed by atoms with Crippen LogP contribution in [0.4, 0.5) is 0 Å². The van der Waals surface area contributed by atoms with E-state index in [4.69, 9.17) is 14.2 Å². The van der Waals surface area contributed by atoms with Crippen LogP contribution in [-0.4, -0.2) is 43.4 Å². The molecule has 2 N–H and O–H groups in total. The first-order valence-electron chi connectivity index (χ1n) is 9.23. The van der Waals surface area contributed by atoms with Crippen molar-refractivity contribution in [3.8, 4) is 23.0 Å². The molecule has 6 nitrogen and oxygen atoms in total. The number of aromatic hydroxyl groups is 2. The predicted octanol–water partition coefficient (Wildman–Crippen LogP) is 3.65. The Morgan fingerprint density at radius 2 is 1.43 bits per heavy atom. The van der Waals surface area contributed by atoms with Gasteiger partial charge < -0.3 is 24.4 Å². The van der Waals surface area contributed by atoms with Crippen LogP contribution in [0.5, 0.6) is 23.0 Å². The summed E-state index contributed by atoms with van der Waals surface area (Å²) in [7, 11) is 4.62. The van der Waals surface area contributed by atoms with Gasteiger partial charge in [-0.1, -0.05) is 12.1 Å². The second kappa shape index (κ2) is 10.6. The Balaban J connectivity index is 1.84. The molecule has 2 aromatic carbocycles. The molecule has 0 heterocycles. The highest BCUT2D eigenvalue weighted by atomic mass is 16.5. The zero-order chi connectivity index (χ0) is 20.5. The number of ether oxygens (including phenoxy) is 3. The van der Waals surface area contributed by atoms with Gasteiger partial charge in [-0.3, -0.25) is 4.79 Å². The molecular formula is C22H28O6. The molecule has 6 heteroatoms. The lowest BCUT2D eigenvalue weighted by atomic mass is 9.99. The molecule has 1 atom stereocenters. The summed E-state index contributed by atoms with van der Waals surface area (Å²) in [4.78, 5) is 12.3. The van der Waals surface area contributed by atoms with Gasteiger partial charge in [-0.15, -0.1) is 0 Å². The Labute approximate surface area is 165 Å². The highest BCUT2D eigenvalue weighted by Gasteiger charge is 2.14. The molecule has 152 valence electrons. The number of carbonyl (C=O) groups excluding carboxylic acids is 1. The van der Waals surface area contributed by atoms with E-state index in [2.05, 4.69) is 0 Å². The second-order valence-corrected chi connectivity index (χ2v) is 6.65. The van der Waals surface area contributed by atoms with E-state index in [1.165, 1.54) is 14.2 Å². The van der Waals surface area contributed by atoms with Crippen molar-refractivity contribution in [2.24, 2.45) is 0 Å². The van der Waals surface area contributed by atoms with Gasteiger partial charge in [-0.05, 0) is 54.7 Å². The van der Waals surface area contributed by atoms with Crippen LogP contribution < -0.4 is 9.47 Å². The van der Waals surface area contributed by atoms with Gasteiger partial charge in [0.15, 0.2) is 23.0 Å². The number of hydrogen-bond acceptors (Lipinski definition) is 6. The average Bonchev–Trinajstić information content (AvgIpc) is 2.71. The van der Waals surface area contributed by atoms with Gasteiger partial charge in [0.25, 0.3) is 0 Å². The van der Waals surface area contributed by atoms with Crippen LogP contribution in [0.15, 0.2) is 36.4 Å². The quantitative estimate of drug-likeness (QED) is 0.611. The van der Waals surface area contributed by atoms with Gasteiger partial charge in [0.2, 0.25) is 0 Å². The van der Waals surface area contributed by atoms with Crippen molar-refractivity contribution in [3.63, 3.8) is 0 Å². The van der Waals surface area contributed by atoms with Crippen molar-refractivity contribution in [2.75, 3.05) is 21.3 Å². The fourth-order valence-corrected chi connectivity index (χ4v) is 3.03. The summed E-state index contributed by atoms with van der Waals surface area (Å²) in [5.41, 5.74) is 1.95. The molecule has 0 aliphatic heterocycles. The largest absolute Gasteiger partial charge is 0.504 e. The number of aryl methyl sites for hydroxylation is 2. The van der Waals surface area contributed by atoms with Crippen molar-refractivity contribution in [1.82, 2.24) is 0 Å². The van der Waals surface area contributed by atoms with E-state index in [-0.39, 0.29) is 23.4 Å². The first-order valence-corrected chi connectivity index (χ1v) is 9.23. The minimum atomic E-state index is -0.165. The summed E-state index contributed by atoms with van der Waals surface area (Å²) >= 11 is 0. The number of methoxy groups -OCH3 is 3. The van der Waals surface area contributed by atoms with Crippen LogP contribution in [0.1, 0.15) is 30.4 Å². The van der Waals surface area contributed by atoms with E-state index in [0.717, 1.165) is 17.5 Å². The lowest BCUT2D eigenvalue weighted by Gasteiger charge is -2.15. The number of rotatable bonds is 11. The van der Waals surface area contributed by atoms with E-state index >= 15 is 0 Å². The molecule has 28 heavy (non-hydrogen) atoms. The zero-order valence-corrected chi connectivity index (χ0v) is 16.6. The van der Waals surface area contributed by atoms with Crippen LogP contribution in [0.25, 0.3) is 0 Å². The van der Waals surface area contributed by atoms with Crippen LogP contribution in [0.2, 0.25) is 0 Å². The van der Waals surface area contributed by atoms with E-state index < -0.39 is 0 Å². The lowest BCUT2D eigenvalue weighted by molar-refractivity contribution is -0.121. The third-order valence-electron chi connectivity index (χ3n) is 4.72. The number of phenols is 2. The van der Waals surface area contributed by atoms with Crippen molar-refractivity contribution >= 4 is 5.78 Å². The Kier molecular flexibility index (Phi) is 8.14. The molecule has 0 aliphatic carbocycles. The fourth-order valence-electron chi connectivity index (χ4n) is 3.03. The number of carbonyl (C=O) groups is 1. The van der Waals surface area contributed by atoms with Crippen molar-refractivity contribution in [2.45, 2.75) is 38.2 Å². The molecule has 0 fully saturated rings. The third kappa shape index (κ3) is 6.16. The minimum Gasteiger partial charge on any atom is -0.504 e. The van der Waals surface area contributed by atoms with Gasteiger partial charge in [0.05, 0.1) is 20.3 Å². The molecule has 0 aromatic heterocycles. The van der Waals surface area contributed by atoms with Gasteiger partial charge in [-0.25, -0.2) is 0 Å². The predicted molar refractivity (Wildman–Crippen MR) is 106 cm³/mol. The minimum absolute atomic E-state index is 0.0860. The number of benzene rings is 2. The zero-order valence-electron chi connectivity index (χ0n) is 16.6. The smallest absolute Gasteiger partial charge is 0.160 e. The second-order valence-electron chi connectivity index (χ2n) is 6.65. The number of hydrogen-bond donors (Lipinski definition) is 2. The van der Waals surface area contributed by atoms with Gasteiger partial charge in [0.1, 0.15) is 5.78 Å². The Morgan fingerprint density at radius 1 is 0.893 bits per heavy atom. The molecular weight excluding hydrogens is 360 g/mol. The SMILES string of the molecule is COc1cc(CCC(=O)C[C@@H](CCc2ccc(O)c(OC)c2)OC)ccc1O. The summed E-state index contributed by atoms with van der Waals surface area (Å²) in [6.45, 7) is 0. The van der Waals surface area contributed by atoms with Crippen LogP contribution in [0.3, 0.4) is 0 Å². The highest BCUT2D eigenvalue weighted by molar-refractivity contribution is 5.79. The summed E-state index contributed by atoms with van der Waals surface area (Å²) in [6, 6.07) is 10.3. The molecule has 0 radical (unpaired) electrons. The molecule has 0 bridgehead atoms. The van der Waals surface area contributed by atoms with Crippen LogP contribution in [-0.2, 0) is 22.4 Å². The number of phenolic OH excluding ortho intramolecular Hbond substituents is 2. The molecule has 0 aliphatic rings. The molecule has 0 saturated heterocycles. The Hall–Kier alpha value is -2.73. The number of Topliss-reactive ketones (excluding diaryl/α,β-unsaturated/α-hetero) is 1. The standard InChI is InChI=1S/C22H28O6/c1-26-18(9-5-16-7-11-20(25)22(13-16)28-3)14-17(23)8-4-15-6-10-19(24)21(12-15)27-2/h6-7,10-13,18,24-25H,4-5,8-9,14H2,1-3H3/t18-/m1/s1. The Bertz CT molecular complexity index is 787. The van der Waals surface area contributed by atoms with E-state index in [0.29, 0.717) is 37.2 Å². The van der Waals surface area contributed by atoms with Gasteiger partial charge in [-0.2, -0.15) is 0 Å². The first-order chi connectivity index (χ1) is 13.5. The summed E-state index contributed by atoms with van der Waals surface area (Å²) in [6.07, 6.45) is 2.59. The number of ketones is 1. The molecule has 0 unspecified atom stereocenters. The van der Waals surface area contributed by atoms with Crippen molar-refractivity contribution in [1.29, 1.82) is 0 Å². The molecule has 0 amide bonds. The normalized spacial score (nSPS) is 11.8. The topological polar surface area (TPSA) is 85.2 Å². The maximum atomic E-state index is 12.3. The van der Waals surface area contributed by atoms with Crippen LogP contribution in [0, 0.1) is 0 Å². The summed E-state index contributed by atoms with van der Waals surface area (Å²) < 4.78 is 15.7. The lowest BCUT2D eigenvalue weighted by Crippen LogP contribution is -2.17. The average molecular weight is 388 g/mol. The summed E-state index contributed by atoms with van der Waals surface area (Å²) in [5.74, 6) is 1.16. The van der Waals surface area contributed by atoms with Crippen LogP contribution >= 0.6 is 0 Å². The highest BCUT2D eigenvalue weighted by Crippen LogP contribution is 2.28. The van der Waals surface area contributed by atoms with Gasteiger partial charge in [0, 0.05) is 20.0 Å². The van der Waals surface area contributed by atoms with Crippen molar-refractivity contribution in [3.05, 3.63) is 47.5 Å². The maximum Gasteiger partial charge on any atom is 0.160 e. The molecule has 2 aromatic rings. The maximum absolute atomic E-state index is 12.3. The first kappa shape index (κ1) is 21.6. The Morgan fingerprint density at radius 3 is 1.93 bits per heavy atom. The molecule has 2 rings (SSSR count). The van der Waals surface area contributed by atoms with Gasteiger partial charge >= 0.3 is 0 Å². The fraction of sp³-hybridized carbons (Fsp3) is 0.409. The van der Waals surface area contributed by atoms with E-state index in [1.807, 2.05) is 6.07 Å². The molecule has 0 spiro atoms. The van der Waals surface area contributed by atoms with Crippen molar-refractivity contribution < 1.29 is 29.2 Å². The van der Waals surface area contributed by atoms with E-state index in [9.17, 15) is 15.0 Å². The van der Waals surface area contributed by atoms with E-state index in [1.54, 1.807) is 37.4 Å². The summed E-state index contributed by atoms with van der Waals surface area (Å²) in [5, 5.41) is 19.3. The monoisotopic (exact) mass is 388 g/mol. The third-order valence-corrected chi connectivity index (χ3v) is 4.72.